The highest BCUT2D eigenvalue weighted by atomic mass is 35.5. The highest BCUT2D eigenvalue weighted by Gasteiger charge is 2.19. The summed E-state index contributed by atoms with van der Waals surface area (Å²) in [6.45, 7) is 1.78. The van der Waals surface area contributed by atoms with Crippen LogP contribution in [-0.2, 0) is 0 Å². The van der Waals surface area contributed by atoms with Crippen LogP contribution >= 0.6 is 23.8 Å². The van der Waals surface area contributed by atoms with Gasteiger partial charge < -0.3 is 10.6 Å². The van der Waals surface area contributed by atoms with Crippen LogP contribution in [0.1, 0.15) is 17.3 Å². The van der Waals surface area contributed by atoms with Crippen LogP contribution in [0.4, 0.5) is 0 Å². The summed E-state index contributed by atoms with van der Waals surface area (Å²) >= 11 is 10.7. The Labute approximate surface area is 105 Å². The zero-order chi connectivity index (χ0) is 12.3. The number of amides is 1. The highest BCUT2D eigenvalue weighted by molar-refractivity contribution is 7.80. The maximum atomic E-state index is 12.0. The van der Waals surface area contributed by atoms with E-state index in [4.69, 9.17) is 29.6 Å². The zero-order valence-electron chi connectivity index (χ0n) is 9.11. The third-order valence-corrected chi connectivity index (χ3v) is 2.96. The number of carbonyl (C=O) groups excluding carboxylic acids is 1. The van der Waals surface area contributed by atoms with Crippen molar-refractivity contribution in [1.82, 2.24) is 4.90 Å². The minimum atomic E-state index is -0.276. The van der Waals surface area contributed by atoms with Crippen molar-refractivity contribution in [3.8, 4) is 0 Å². The maximum Gasteiger partial charge on any atom is 0.254 e. The first kappa shape index (κ1) is 12.9. The van der Waals surface area contributed by atoms with Crippen LogP contribution in [0, 0.1) is 0 Å². The monoisotopic (exact) mass is 256 g/mol. The Morgan fingerprint density at radius 2 is 2.19 bits per heavy atom. The van der Waals surface area contributed by atoms with Gasteiger partial charge in [-0.15, -0.1) is 0 Å². The second-order valence-corrected chi connectivity index (χ2v) is 4.41. The fourth-order valence-corrected chi connectivity index (χ4v) is 1.54. The van der Waals surface area contributed by atoms with Gasteiger partial charge in [0.05, 0.1) is 11.0 Å². The molecule has 0 spiro atoms. The molecule has 0 aromatic heterocycles. The predicted molar refractivity (Wildman–Crippen MR) is 69.8 cm³/mol. The number of halogens is 1. The molecule has 0 aliphatic heterocycles. The topological polar surface area (TPSA) is 46.3 Å². The zero-order valence-corrected chi connectivity index (χ0v) is 10.7. The number of hydrogen-bond acceptors (Lipinski definition) is 2. The Bertz CT molecular complexity index is 422. The molecular formula is C11H13ClN2OS. The van der Waals surface area contributed by atoms with E-state index in [1.165, 1.54) is 4.90 Å². The van der Waals surface area contributed by atoms with Crippen LogP contribution in [0.2, 0.25) is 5.02 Å². The molecule has 0 bridgehead atoms. The average molecular weight is 257 g/mol. The van der Waals surface area contributed by atoms with Gasteiger partial charge in [-0.2, -0.15) is 0 Å². The normalized spacial score (nSPS) is 11.9. The van der Waals surface area contributed by atoms with Gasteiger partial charge in [0.1, 0.15) is 0 Å². The molecule has 5 heteroatoms. The smallest absolute Gasteiger partial charge is 0.254 e. The molecule has 1 unspecified atom stereocenters. The van der Waals surface area contributed by atoms with Crippen molar-refractivity contribution < 1.29 is 4.79 Å². The number of likely N-dealkylation sites (N-methyl/N-ethyl adjacent to an activating group) is 1. The maximum absolute atomic E-state index is 12.0. The summed E-state index contributed by atoms with van der Waals surface area (Å²) in [5.74, 6) is -0.150. The second kappa shape index (κ2) is 5.27. The lowest BCUT2D eigenvalue weighted by Gasteiger charge is -2.23. The molecule has 1 atom stereocenters. The van der Waals surface area contributed by atoms with E-state index in [0.29, 0.717) is 10.6 Å². The van der Waals surface area contributed by atoms with Crippen molar-refractivity contribution in [3.63, 3.8) is 0 Å². The standard InChI is InChI=1S/C11H13ClN2OS/c1-7(10(13)16)14(2)11(15)8-4-3-5-9(12)6-8/h3-7H,1-2H3,(H2,13,16). The fraction of sp³-hybridized carbons (Fsp3) is 0.273. The minimum absolute atomic E-state index is 0.150. The third kappa shape index (κ3) is 2.93. The Hall–Kier alpha value is -1.13. The lowest BCUT2D eigenvalue weighted by atomic mass is 10.2. The van der Waals surface area contributed by atoms with E-state index in [-0.39, 0.29) is 16.9 Å². The summed E-state index contributed by atoms with van der Waals surface area (Å²) in [4.78, 5) is 13.8. The summed E-state index contributed by atoms with van der Waals surface area (Å²) in [5.41, 5.74) is 6.02. The summed E-state index contributed by atoms with van der Waals surface area (Å²) in [6, 6.07) is 6.50. The number of nitrogens with zero attached hydrogens (tertiary/aromatic N) is 1. The van der Waals surface area contributed by atoms with Gasteiger partial charge in [0.25, 0.3) is 5.91 Å². The van der Waals surface area contributed by atoms with Gasteiger partial charge in [0, 0.05) is 17.6 Å². The molecule has 0 aliphatic carbocycles. The molecule has 16 heavy (non-hydrogen) atoms. The molecule has 2 N–H and O–H groups in total. The van der Waals surface area contributed by atoms with Crippen LogP contribution in [0.5, 0.6) is 0 Å². The fourth-order valence-electron chi connectivity index (χ4n) is 1.19. The number of benzene rings is 1. The molecular weight excluding hydrogens is 244 g/mol. The van der Waals surface area contributed by atoms with Crippen molar-refractivity contribution in [2.24, 2.45) is 5.73 Å². The third-order valence-electron chi connectivity index (χ3n) is 2.38. The summed E-state index contributed by atoms with van der Waals surface area (Å²) in [6.07, 6.45) is 0. The van der Waals surface area contributed by atoms with Gasteiger partial charge in [-0.3, -0.25) is 4.79 Å². The van der Waals surface area contributed by atoms with Gasteiger partial charge >= 0.3 is 0 Å². The van der Waals surface area contributed by atoms with Crippen LogP contribution in [0.3, 0.4) is 0 Å². The molecule has 1 aromatic carbocycles. The average Bonchev–Trinajstić information content (AvgIpc) is 2.26. The molecule has 0 radical (unpaired) electrons. The van der Waals surface area contributed by atoms with Crippen LogP contribution in [-0.4, -0.2) is 28.9 Å². The van der Waals surface area contributed by atoms with Gasteiger partial charge in [-0.1, -0.05) is 29.9 Å². The van der Waals surface area contributed by atoms with Crippen LogP contribution < -0.4 is 5.73 Å². The first-order valence-electron chi connectivity index (χ1n) is 4.75. The number of rotatable bonds is 3. The van der Waals surface area contributed by atoms with E-state index >= 15 is 0 Å². The van der Waals surface area contributed by atoms with E-state index in [1.54, 1.807) is 38.2 Å². The molecule has 1 aromatic rings. The van der Waals surface area contributed by atoms with Crippen molar-refractivity contribution >= 4 is 34.7 Å². The van der Waals surface area contributed by atoms with E-state index in [2.05, 4.69) is 0 Å². The van der Waals surface area contributed by atoms with Gasteiger partial charge in [0.2, 0.25) is 0 Å². The molecule has 0 fully saturated rings. The first-order valence-corrected chi connectivity index (χ1v) is 5.54. The number of carbonyl (C=O) groups is 1. The Balaban J connectivity index is 2.90. The van der Waals surface area contributed by atoms with Crippen molar-refractivity contribution in [1.29, 1.82) is 0 Å². The second-order valence-electron chi connectivity index (χ2n) is 3.50. The molecule has 0 saturated heterocycles. The highest BCUT2D eigenvalue weighted by Crippen LogP contribution is 2.13. The van der Waals surface area contributed by atoms with E-state index < -0.39 is 0 Å². The van der Waals surface area contributed by atoms with E-state index in [9.17, 15) is 4.79 Å². The molecule has 3 nitrogen and oxygen atoms in total. The SMILES string of the molecule is CC(C(N)=S)N(C)C(=O)c1cccc(Cl)c1. The Morgan fingerprint density at radius 3 is 2.69 bits per heavy atom. The molecule has 86 valence electrons. The van der Waals surface area contributed by atoms with Gasteiger partial charge in [-0.05, 0) is 25.1 Å². The molecule has 0 heterocycles. The van der Waals surface area contributed by atoms with Crippen LogP contribution in [0.15, 0.2) is 24.3 Å². The Morgan fingerprint density at radius 1 is 1.56 bits per heavy atom. The minimum Gasteiger partial charge on any atom is -0.392 e. The molecule has 0 saturated carbocycles. The Kier molecular flexibility index (Phi) is 4.26. The predicted octanol–water partition coefficient (Wildman–Crippen LogP) is 2.09. The van der Waals surface area contributed by atoms with Gasteiger partial charge in [-0.25, -0.2) is 0 Å². The molecule has 1 rings (SSSR count). The molecule has 0 aliphatic rings. The lowest BCUT2D eigenvalue weighted by Crippen LogP contribution is -2.42. The van der Waals surface area contributed by atoms with E-state index in [0.717, 1.165) is 0 Å². The largest absolute Gasteiger partial charge is 0.392 e. The first-order chi connectivity index (χ1) is 7.43. The summed E-state index contributed by atoms with van der Waals surface area (Å²) < 4.78 is 0. The number of nitrogens with two attached hydrogens (primary N) is 1. The lowest BCUT2D eigenvalue weighted by molar-refractivity contribution is 0.0779. The quantitative estimate of drug-likeness (QED) is 0.843. The van der Waals surface area contributed by atoms with Gasteiger partial charge in [0.15, 0.2) is 0 Å². The van der Waals surface area contributed by atoms with Crippen molar-refractivity contribution in [3.05, 3.63) is 34.9 Å². The molecule has 1 amide bonds. The van der Waals surface area contributed by atoms with Crippen molar-refractivity contribution in [2.75, 3.05) is 7.05 Å². The number of hydrogen-bond donors (Lipinski definition) is 1. The summed E-state index contributed by atoms with van der Waals surface area (Å²) in [7, 11) is 1.66. The van der Waals surface area contributed by atoms with Crippen LogP contribution in [0.25, 0.3) is 0 Å². The van der Waals surface area contributed by atoms with Crippen molar-refractivity contribution in [2.45, 2.75) is 13.0 Å². The number of thiocarbonyl (C=S) groups is 1. The van der Waals surface area contributed by atoms with E-state index in [1.807, 2.05) is 0 Å². The summed E-state index contributed by atoms with van der Waals surface area (Å²) in [5, 5.41) is 0.530.